The molecule has 2 aromatic carbocycles. The Kier molecular flexibility index (Phi) is 6.68. The number of benzene rings is 2. The Morgan fingerprint density at radius 2 is 1.43 bits per heavy atom. The number of aromatic nitrogens is 1. The van der Waals surface area contributed by atoms with Gasteiger partial charge in [0, 0.05) is 11.1 Å². The quantitative estimate of drug-likeness (QED) is 0.436. The summed E-state index contributed by atoms with van der Waals surface area (Å²) in [6.07, 6.45) is 4.36. The van der Waals surface area contributed by atoms with Crippen LogP contribution in [-0.4, -0.2) is 21.5 Å². The summed E-state index contributed by atoms with van der Waals surface area (Å²) in [5, 5.41) is 30.2. The summed E-state index contributed by atoms with van der Waals surface area (Å²) >= 11 is 0. The van der Waals surface area contributed by atoms with E-state index in [1.165, 1.54) is 25.2 Å². The van der Waals surface area contributed by atoms with Crippen molar-refractivity contribution in [3.8, 4) is 23.7 Å². The maximum Gasteiger partial charge on any atom is 0.276 e. The molecule has 4 rings (SSSR count). The van der Waals surface area contributed by atoms with Crippen LogP contribution < -0.4 is 10.5 Å². The summed E-state index contributed by atoms with van der Waals surface area (Å²) in [6.45, 7) is 3.06. The third-order valence-electron chi connectivity index (χ3n) is 6.06. The average molecular weight is 489 g/mol. The van der Waals surface area contributed by atoms with Crippen LogP contribution in [0.2, 0.25) is 0 Å². The SMILES string of the molecule is CC1=C(C#N)C(=O)N(c2ccccc2)C(=O)/C1=C\C=C\c1c(C)c(C#N)c(=O)n(-c2ccccc2)c1O. The number of aromatic hydroxyl groups is 1. The zero-order valence-electron chi connectivity index (χ0n) is 20.0. The molecular formula is C29H20N4O4. The van der Waals surface area contributed by atoms with Crippen molar-refractivity contribution in [1.82, 2.24) is 4.57 Å². The fourth-order valence-electron chi connectivity index (χ4n) is 4.10. The second-order valence-electron chi connectivity index (χ2n) is 8.16. The van der Waals surface area contributed by atoms with Gasteiger partial charge in [-0.3, -0.25) is 14.4 Å². The molecule has 0 spiro atoms. The number of allylic oxidation sites excluding steroid dienone is 2. The highest BCUT2D eigenvalue weighted by molar-refractivity contribution is 6.31. The van der Waals surface area contributed by atoms with E-state index >= 15 is 0 Å². The number of hydrogen-bond donors (Lipinski definition) is 1. The first-order valence-electron chi connectivity index (χ1n) is 11.2. The van der Waals surface area contributed by atoms with Gasteiger partial charge in [0.2, 0.25) is 5.88 Å². The molecule has 8 nitrogen and oxygen atoms in total. The number of anilines is 1. The molecule has 0 atom stereocenters. The highest BCUT2D eigenvalue weighted by atomic mass is 16.3. The molecule has 0 bridgehead atoms. The number of nitrogens with zero attached hydrogens (tertiary/aromatic N) is 4. The summed E-state index contributed by atoms with van der Waals surface area (Å²) in [5.74, 6) is -1.69. The molecule has 1 aliphatic rings. The number of pyridine rings is 1. The second-order valence-corrected chi connectivity index (χ2v) is 8.16. The summed E-state index contributed by atoms with van der Waals surface area (Å²) in [4.78, 5) is 40.0. The molecule has 1 aromatic heterocycles. The molecule has 0 saturated carbocycles. The molecular weight excluding hydrogens is 468 g/mol. The minimum absolute atomic E-state index is 0.116. The summed E-state index contributed by atoms with van der Waals surface area (Å²) in [6, 6.07) is 20.5. The van der Waals surface area contributed by atoms with Crippen molar-refractivity contribution < 1.29 is 14.7 Å². The van der Waals surface area contributed by atoms with Crippen molar-refractivity contribution >= 4 is 23.6 Å². The van der Waals surface area contributed by atoms with Gasteiger partial charge in [-0.25, -0.2) is 9.47 Å². The van der Waals surface area contributed by atoms with Gasteiger partial charge in [-0.05, 0) is 61.4 Å². The molecule has 0 saturated heterocycles. The Hall–Kier alpha value is -5.47. The lowest BCUT2D eigenvalue weighted by Crippen LogP contribution is -2.42. The molecule has 0 unspecified atom stereocenters. The zero-order valence-corrected chi connectivity index (χ0v) is 20.0. The number of carbonyl (C=O) groups is 2. The van der Waals surface area contributed by atoms with Crippen LogP contribution in [0.1, 0.15) is 23.6 Å². The number of carbonyl (C=O) groups excluding carboxylic acids is 2. The van der Waals surface area contributed by atoms with Gasteiger partial charge in [-0.1, -0.05) is 42.5 Å². The van der Waals surface area contributed by atoms with Crippen LogP contribution in [-0.2, 0) is 9.59 Å². The lowest BCUT2D eigenvalue weighted by atomic mass is 9.94. The number of amides is 2. The van der Waals surface area contributed by atoms with Crippen molar-refractivity contribution in [3.05, 3.63) is 117 Å². The van der Waals surface area contributed by atoms with Gasteiger partial charge in [0.25, 0.3) is 17.4 Å². The Morgan fingerprint density at radius 3 is 2.00 bits per heavy atom. The van der Waals surface area contributed by atoms with E-state index in [4.69, 9.17) is 0 Å². The summed E-state index contributed by atoms with van der Waals surface area (Å²) in [7, 11) is 0. The Bertz CT molecular complexity index is 1670. The molecule has 0 fully saturated rings. The van der Waals surface area contributed by atoms with Crippen LogP contribution in [0.5, 0.6) is 5.88 Å². The average Bonchev–Trinajstić information content (AvgIpc) is 2.89. The van der Waals surface area contributed by atoms with Gasteiger partial charge in [-0.2, -0.15) is 10.5 Å². The van der Waals surface area contributed by atoms with Gasteiger partial charge in [0.1, 0.15) is 23.3 Å². The lowest BCUT2D eigenvalue weighted by molar-refractivity contribution is -0.122. The van der Waals surface area contributed by atoms with Crippen LogP contribution in [0.25, 0.3) is 11.8 Å². The van der Waals surface area contributed by atoms with Crippen molar-refractivity contribution in [1.29, 1.82) is 10.5 Å². The van der Waals surface area contributed by atoms with Gasteiger partial charge < -0.3 is 5.11 Å². The monoisotopic (exact) mass is 488 g/mol. The van der Waals surface area contributed by atoms with E-state index in [-0.39, 0.29) is 39.3 Å². The maximum absolute atomic E-state index is 13.3. The fraction of sp³-hybridized carbons (Fsp3) is 0.0690. The van der Waals surface area contributed by atoms with E-state index in [1.807, 2.05) is 12.1 Å². The predicted octanol–water partition coefficient (Wildman–Crippen LogP) is 4.08. The van der Waals surface area contributed by atoms with Crippen molar-refractivity contribution in [3.63, 3.8) is 0 Å². The van der Waals surface area contributed by atoms with Crippen LogP contribution in [0.15, 0.2) is 94.3 Å². The molecule has 1 N–H and O–H groups in total. The number of imide groups is 1. The topological polar surface area (TPSA) is 127 Å². The van der Waals surface area contributed by atoms with E-state index in [0.717, 1.165) is 9.47 Å². The van der Waals surface area contributed by atoms with Gasteiger partial charge >= 0.3 is 0 Å². The maximum atomic E-state index is 13.3. The molecule has 3 aromatic rings. The first-order chi connectivity index (χ1) is 17.8. The molecule has 0 aliphatic carbocycles. The van der Waals surface area contributed by atoms with Gasteiger partial charge in [0.15, 0.2) is 0 Å². The van der Waals surface area contributed by atoms with Gasteiger partial charge in [0.05, 0.1) is 11.4 Å². The molecule has 0 radical (unpaired) electrons. The Morgan fingerprint density at radius 1 is 0.838 bits per heavy atom. The van der Waals surface area contributed by atoms with Crippen LogP contribution in [0, 0.1) is 29.6 Å². The molecule has 37 heavy (non-hydrogen) atoms. The number of para-hydroxylation sites is 2. The second kappa shape index (κ2) is 10.0. The minimum atomic E-state index is -0.709. The third-order valence-corrected chi connectivity index (χ3v) is 6.06. The third kappa shape index (κ3) is 4.24. The smallest absolute Gasteiger partial charge is 0.276 e. The van der Waals surface area contributed by atoms with Gasteiger partial charge in [-0.15, -0.1) is 0 Å². The molecule has 1 aliphatic heterocycles. The van der Waals surface area contributed by atoms with Crippen LogP contribution in [0.3, 0.4) is 0 Å². The number of rotatable bonds is 4. The standard InChI is InChI=1S/C29H20N4O4/c1-18-22(26(34)32(28(36)24(18)16-30)20-10-5-3-6-11-20)14-9-15-23-19(2)25(17-31)29(37)33(27(23)35)21-12-7-4-8-13-21/h3-15,34H,1-2H3/b14-9+,23-15-. The Balaban J connectivity index is 1.85. The van der Waals surface area contributed by atoms with Crippen molar-refractivity contribution in [2.75, 3.05) is 4.90 Å². The van der Waals surface area contributed by atoms with Crippen molar-refractivity contribution in [2.45, 2.75) is 13.8 Å². The van der Waals surface area contributed by atoms with E-state index < -0.39 is 17.4 Å². The van der Waals surface area contributed by atoms with Crippen LogP contribution in [0.4, 0.5) is 5.69 Å². The normalized spacial score (nSPS) is 14.8. The molecule has 2 amide bonds. The Labute approximate surface area is 212 Å². The van der Waals surface area contributed by atoms with E-state index in [1.54, 1.807) is 67.6 Å². The van der Waals surface area contributed by atoms with E-state index in [0.29, 0.717) is 11.4 Å². The molecule has 180 valence electrons. The molecule has 8 heteroatoms. The first kappa shape index (κ1) is 24.6. The first-order valence-corrected chi connectivity index (χ1v) is 11.2. The minimum Gasteiger partial charge on any atom is -0.494 e. The zero-order chi connectivity index (χ0) is 26.7. The van der Waals surface area contributed by atoms with E-state index in [9.17, 15) is 30.0 Å². The summed E-state index contributed by atoms with van der Waals surface area (Å²) < 4.78 is 1.04. The van der Waals surface area contributed by atoms with Crippen LogP contribution >= 0.6 is 0 Å². The predicted molar refractivity (Wildman–Crippen MR) is 138 cm³/mol. The molecule has 2 heterocycles. The highest BCUT2D eigenvalue weighted by Crippen LogP contribution is 2.30. The highest BCUT2D eigenvalue weighted by Gasteiger charge is 2.36. The van der Waals surface area contributed by atoms with Crippen molar-refractivity contribution in [2.24, 2.45) is 0 Å². The lowest BCUT2D eigenvalue weighted by Gasteiger charge is -2.27. The largest absolute Gasteiger partial charge is 0.494 e. The summed E-state index contributed by atoms with van der Waals surface area (Å²) in [5.41, 5.74) is 0.578. The number of nitriles is 2. The fourth-order valence-corrected chi connectivity index (χ4v) is 4.10. The number of hydrogen-bond acceptors (Lipinski definition) is 6. The van der Waals surface area contributed by atoms with E-state index in [2.05, 4.69) is 0 Å².